The Kier molecular flexibility index (Phi) is 5.03. The van der Waals surface area contributed by atoms with Gasteiger partial charge >= 0.3 is 6.03 Å². The molecule has 2 aliphatic heterocycles. The van der Waals surface area contributed by atoms with Gasteiger partial charge in [0.2, 0.25) is 0 Å². The van der Waals surface area contributed by atoms with Gasteiger partial charge in [0.05, 0.1) is 0 Å². The lowest BCUT2D eigenvalue weighted by molar-refractivity contribution is 0.179. The summed E-state index contributed by atoms with van der Waals surface area (Å²) in [5, 5.41) is 0. The van der Waals surface area contributed by atoms with Crippen LogP contribution in [0.25, 0.3) is 5.57 Å². The molecule has 0 aromatic heterocycles. The summed E-state index contributed by atoms with van der Waals surface area (Å²) in [5.74, 6) is 1.11. The molecule has 4 nitrogen and oxygen atoms in total. The minimum Gasteiger partial charge on any atom is -0.331 e. The molecular weight excluding hydrogens is 322 g/mol. The van der Waals surface area contributed by atoms with E-state index in [2.05, 4.69) is 35.2 Å². The van der Waals surface area contributed by atoms with Crippen LogP contribution < -0.4 is 0 Å². The predicted octanol–water partition coefficient (Wildman–Crippen LogP) is 3.34. The van der Waals surface area contributed by atoms with Gasteiger partial charge in [0.15, 0.2) is 0 Å². The number of hydrogen-bond acceptors (Lipinski definition) is 2. The third-order valence-corrected chi connectivity index (χ3v) is 6.34. The van der Waals surface area contributed by atoms with Crippen molar-refractivity contribution >= 4 is 11.6 Å². The third-order valence-electron chi connectivity index (χ3n) is 6.34. The van der Waals surface area contributed by atoms with E-state index in [0.29, 0.717) is 11.8 Å². The van der Waals surface area contributed by atoms with Gasteiger partial charge < -0.3 is 14.7 Å². The molecule has 1 aliphatic carbocycles. The first-order valence-electron chi connectivity index (χ1n) is 10.1. The van der Waals surface area contributed by atoms with Crippen LogP contribution in [0.4, 0.5) is 4.79 Å². The maximum absolute atomic E-state index is 12.3. The Bertz CT molecular complexity index is 673. The topological polar surface area (TPSA) is 26.8 Å². The minimum atomic E-state index is 0.149. The molecular formula is C22H31N3O. The standard InChI is InChI=1S/C22H31N3O/c1-23(2)22(26)25-15-19-9-10-20(21(19)16-25)18-7-5-17(6-8-18)11-14-24-12-3-4-13-24/h5-8,10,19,21H,3-4,9,11-16H2,1-2H3/t19-,21+/m0/s1. The molecule has 0 bridgehead atoms. The van der Waals surface area contributed by atoms with Gasteiger partial charge in [0.1, 0.15) is 0 Å². The summed E-state index contributed by atoms with van der Waals surface area (Å²) in [6, 6.07) is 9.35. The first kappa shape index (κ1) is 17.6. The number of hydrogen-bond donors (Lipinski definition) is 0. The molecule has 0 spiro atoms. The second-order valence-corrected chi connectivity index (χ2v) is 8.34. The third kappa shape index (κ3) is 3.52. The van der Waals surface area contributed by atoms with E-state index in [-0.39, 0.29) is 6.03 Å². The monoisotopic (exact) mass is 353 g/mol. The number of carbonyl (C=O) groups excluding carboxylic acids is 1. The SMILES string of the molecule is CN(C)C(=O)N1C[C@@H]2CC=C(c3ccc(CCN4CCCC4)cc3)[C@@H]2C1. The molecule has 0 N–H and O–H groups in total. The van der Waals surface area contributed by atoms with Crippen LogP contribution in [0.3, 0.4) is 0 Å². The number of carbonyl (C=O) groups is 1. The van der Waals surface area contributed by atoms with Crippen molar-refractivity contribution in [1.82, 2.24) is 14.7 Å². The van der Waals surface area contributed by atoms with Gasteiger partial charge in [-0.1, -0.05) is 30.3 Å². The van der Waals surface area contributed by atoms with Crippen molar-refractivity contribution in [3.8, 4) is 0 Å². The number of allylic oxidation sites excluding steroid dienone is 1. The van der Waals surface area contributed by atoms with E-state index in [1.165, 1.54) is 49.2 Å². The molecule has 4 rings (SSSR count). The Balaban J connectivity index is 1.38. The fraction of sp³-hybridized carbons (Fsp3) is 0.591. The van der Waals surface area contributed by atoms with Crippen LogP contribution in [0.5, 0.6) is 0 Å². The van der Waals surface area contributed by atoms with Crippen molar-refractivity contribution < 1.29 is 4.79 Å². The lowest BCUT2D eigenvalue weighted by atomic mass is 9.90. The average Bonchev–Trinajstić information content (AvgIpc) is 3.36. The summed E-state index contributed by atoms with van der Waals surface area (Å²) in [5.41, 5.74) is 4.24. The van der Waals surface area contributed by atoms with Gasteiger partial charge in [-0.15, -0.1) is 0 Å². The normalized spacial score (nSPS) is 25.5. The lowest BCUT2D eigenvalue weighted by Crippen LogP contribution is -2.38. The molecule has 2 heterocycles. The van der Waals surface area contributed by atoms with Crippen LogP contribution in [0.1, 0.15) is 30.4 Å². The summed E-state index contributed by atoms with van der Waals surface area (Å²) in [6.07, 6.45) is 7.39. The number of nitrogens with zero attached hydrogens (tertiary/aromatic N) is 3. The largest absolute Gasteiger partial charge is 0.331 e. The minimum absolute atomic E-state index is 0.149. The molecule has 2 fully saturated rings. The van der Waals surface area contributed by atoms with Gasteiger partial charge in [-0.3, -0.25) is 0 Å². The Hall–Kier alpha value is -1.81. The zero-order chi connectivity index (χ0) is 18.1. The molecule has 1 aromatic carbocycles. The van der Waals surface area contributed by atoms with Gasteiger partial charge in [-0.25, -0.2) is 4.79 Å². The molecule has 0 radical (unpaired) electrons. The average molecular weight is 354 g/mol. The summed E-state index contributed by atoms with van der Waals surface area (Å²) in [6.45, 7) is 5.50. The Morgan fingerprint density at radius 2 is 1.85 bits per heavy atom. The second kappa shape index (κ2) is 7.43. The molecule has 0 saturated carbocycles. The van der Waals surface area contributed by atoms with Gasteiger partial charge in [-0.2, -0.15) is 0 Å². The van der Waals surface area contributed by atoms with Crippen LogP contribution in [0.2, 0.25) is 0 Å². The highest BCUT2D eigenvalue weighted by Crippen LogP contribution is 2.43. The Morgan fingerprint density at radius 3 is 2.54 bits per heavy atom. The predicted molar refractivity (Wildman–Crippen MR) is 106 cm³/mol. The highest BCUT2D eigenvalue weighted by molar-refractivity contribution is 5.77. The Labute approximate surface area is 157 Å². The number of fused-ring (bicyclic) bond motifs is 1. The first-order valence-corrected chi connectivity index (χ1v) is 10.1. The maximum Gasteiger partial charge on any atom is 0.319 e. The number of likely N-dealkylation sites (tertiary alicyclic amines) is 2. The fourth-order valence-corrected chi connectivity index (χ4v) is 4.82. The van der Waals surface area contributed by atoms with Crippen LogP contribution in [-0.4, -0.2) is 67.5 Å². The van der Waals surface area contributed by atoms with Crippen molar-refractivity contribution in [2.24, 2.45) is 11.8 Å². The molecule has 26 heavy (non-hydrogen) atoms. The van der Waals surface area contributed by atoms with E-state index < -0.39 is 0 Å². The number of rotatable bonds is 4. The quantitative estimate of drug-likeness (QED) is 0.830. The van der Waals surface area contributed by atoms with E-state index in [0.717, 1.165) is 25.9 Å². The van der Waals surface area contributed by atoms with Crippen molar-refractivity contribution in [1.29, 1.82) is 0 Å². The highest BCUT2D eigenvalue weighted by atomic mass is 16.2. The molecule has 2 amide bonds. The molecule has 2 atom stereocenters. The van der Waals surface area contributed by atoms with E-state index in [1.807, 2.05) is 19.0 Å². The van der Waals surface area contributed by atoms with Crippen molar-refractivity contribution in [2.75, 3.05) is 46.8 Å². The fourth-order valence-electron chi connectivity index (χ4n) is 4.82. The van der Waals surface area contributed by atoms with E-state index in [4.69, 9.17) is 0 Å². The number of benzene rings is 1. The summed E-state index contributed by atoms with van der Waals surface area (Å²) < 4.78 is 0. The van der Waals surface area contributed by atoms with Crippen LogP contribution >= 0.6 is 0 Å². The lowest BCUT2D eigenvalue weighted by Gasteiger charge is -2.22. The number of amides is 2. The molecule has 0 unspecified atom stereocenters. The van der Waals surface area contributed by atoms with Crippen LogP contribution in [0.15, 0.2) is 30.3 Å². The van der Waals surface area contributed by atoms with E-state index in [1.54, 1.807) is 4.90 Å². The molecule has 1 aromatic rings. The van der Waals surface area contributed by atoms with Gasteiger partial charge in [0.25, 0.3) is 0 Å². The van der Waals surface area contributed by atoms with Gasteiger partial charge in [-0.05, 0) is 61.4 Å². The van der Waals surface area contributed by atoms with E-state index >= 15 is 0 Å². The van der Waals surface area contributed by atoms with Crippen molar-refractivity contribution in [2.45, 2.75) is 25.7 Å². The zero-order valence-corrected chi connectivity index (χ0v) is 16.2. The second-order valence-electron chi connectivity index (χ2n) is 8.34. The molecule has 4 heteroatoms. The van der Waals surface area contributed by atoms with Gasteiger partial charge in [0, 0.05) is 39.6 Å². The van der Waals surface area contributed by atoms with E-state index in [9.17, 15) is 4.79 Å². The van der Waals surface area contributed by atoms with Crippen LogP contribution in [0, 0.1) is 11.8 Å². The molecule has 2 saturated heterocycles. The van der Waals surface area contributed by atoms with Crippen molar-refractivity contribution in [3.05, 3.63) is 41.5 Å². The zero-order valence-electron chi connectivity index (χ0n) is 16.2. The summed E-state index contributed by atoms with van der Waals surface area (Å²) in [7, 11) is 3.68. The Morgan fingerprint density at radius 1 is 1.12 bits per heavy atom. The maximum atomic E-state index is 12.3. The smallest absolute Gasteiger partial charge is 0.319 e. The highest BCUT2D eigenvalue weighted by Gasteiger charge is 2.40. The first-order chi connectivity index (χ1) is 12.6. The van der Waals surface area contributed by atoms with Crippen LogP contribution in [-0.2, 0) is 6.42 Å². The molecule has 3 aliphatic rings. The number of urea groups is 1. The summed E-state index contributed by atoms with van der Waals surface area (Å²) in [4.78, 5) is 18.6. The molecule has 140 valence electrons. The summed E-state index contributed by atoms with van der Waals surface area (Å²) >= 11 is 0. The van der Waals surface area contributed by atoms with Crippen molar-refractivity contribution in [3.63, 3.8) is 0 Å².